The van der Waals surface area contributed by atoms with Crippen LogP contribution in [-0.4, -0.2) is 16.5 Å². The predicted octanol–water partition coefficient (Wildman–Crippen LogP) is 3.68. The molecule has 0 radical (unpaired) electrons. The van der Waals surface area contributed by atoms with E-state index in [2.05, 4.69) is 19.2 Å². The molecule has 0 atom stereocenters. The molecule has 4 rings (SSSR count). The Bertz CT molecular complexity index is 536. The summed E-state index contributed by atoms with van der Waals surface area (Å²) in [5.41, 5.74) is 4.70. The van der Waals surface area contributed by atoms with Crippen molar-refractivity contribution in [3.05, 3.63) is 22.8 Å². The molecule has 0 saturated heterocycles. The lowest BCUT2D eigenvalue weighted by atomic mass is 9.73. The molecular formula is C18H27N3. The van der Waals surface area contributed by atoms with E-state index in [1.165, 1.54) is 61.3 Å². The fourth-order valence-corrected chi connectivity index (χ4v) is 3.92. The lowest BCUT2D eigenvalue weighted by Gasteiger charge is -2.34. The van der Waals surface area contributed by atoms with Crippen LogP contribution in [0.25, 0.3) is 0 Å². The summed E-state index contributed by atoms with van der Waals surface area (Å²) in [5.74, 6) is 2.52. The van der Waals surface area contributed by atoms with Gasteiger partial charge in [0.25, 0.3) is 0 Å². The van der Waals surface area contributed by atoms with Gasteiger partial charge in [-0.25, -0.2) is 9.97 Å². The number of hydrogen-bond donors (Lipinski definition) is 1. The predicted molar refractivity (Wildman–Crippen MR) is 84.4 cm³/mol. The van der Waals surface area contributed by atoms with E-state index in [0.717, 1.165) is 25.4 Å². The molecule has 0 unspecified atom stereocenters. The van der Waals surface area contributed by atoms with E-state index in [4.69, 9.17) is 9.97 Å². The summed E-state index contributed by atoms with van der Waals surface area (Å²) in [4.78, 5) is 10.1. The minimum atomic E-state index is 0.522. The van der Waals surface area contributed by atoms with Gasteiger partial charge in [0, 0.05) is 36.9 Å². The van der Waals surface area contributed by atoms with Gasteiger partial charge in [-0.15, -0.1) is 0 Å². The van der Waals surface area contributed by atoms with Gasteiger partial charge in [-0.05, 0) is 43.9 Å². The first-order chi connectivity index (χ1) is 10.1. The molecule has 3 heteroatoms. The highest BCUT2D eigenvalue weighted by molar-refractivity contribution is 5.33. The normalized spacial score (nSPS) is 25.6. The Morgan fingerprint density at radius 2 is 1.76 bits per heavy atom. The zero-order chi connectivity index (χ0) is 14.4. The molecule has 2 aliphatic carbocycles. The number of rotatable bonds is 2. The minimum absolute atomic E-state index is 0.522. The van der Waals surface area contributed by atoms with Gasteiger partial charge in [0.1, 0.15) is 5.82 Å². The van der Waals surface area contributed by atoms with Crippen molar-refractivity contribution in [1.82, 2.24) is 15.3 Å². The second kappa shape index (κ2) is 5.05. The molecular weight excluding hydrogens is 258 g/mol. The molecule has 2 saturated carbocycles. The standard InChI is InChI=1S/C18H27N3/c1-18(2)8-5-13(6-9-18)17-20-15-7-10-19-11-14(15)16(21-17)12-3-4-12/h12-13,19H,3-11H2,1-2H3. The van der Waals surface area contributed by atoms with E-state index < -0.39 is 0 Å². The van der Waals surface area contributed by atoms with E-state index in [-0.39, 0.29) is 0 Å². The van der Waals surface area contributed by atoms with E-state index in [1.54, 1.807) is 0 Å². The zero-order valence-corrected chi connectivity index (χ0v) is 13.4. The molecule has 0 bridgehead atoms. The summed E-state index contributed by atoms with van der Waals surface area (Å²) >= 11 is 0. The van der Waals surface area contributed by atoms with Crippen LogP contribution in [0.4, 0.5) is 0 Å². The van der Waals surface area contributed by atoms with Gasteiger partial charge in [-0.1, -0.05) is 13.8 Å². The van der Waals surface area contributed by atoms with Crippen LogP contribution < -0.4 is 5.32 Å². The van der Waals surface area contributed by atoms with Crippen LogP contribution in [0.3, 0.4) is 0 Å². The molecule has 114 valence electrons. The number of nitrogens with zero attached hydrogens (tertiary/aromatic N) is 2. The largest absolute Gasteiger partial charge is 0.312 e. The molecule has 0 spiro atoms. The molecule has 2 fully saturated rings. The lowest BCUT2D eigenvalue weighted by molar-refractivity contribution is 0.220. The molecule has 1 aromatic heterocycles. The third kappa shape index (κ3) is 2.73. The van der Waals surface area contributed by atoms with Crippen LogP contribution in [0.15, 0.2) is 0 Å². The Balaban J connectivity index is 1.65. The molecule has 2 heterocycles. The zero-order valence-electron chi connectivity index (χ0n) is 13.4. The second-order valence-corrected chi connectivity index (χ2v) is 8.03. The SMILES string of the molecule is CC1(C)CCC(c2nc3c(c(C4CC4)n2)CNCC3)CC1. The average molecular weight is 285 g/mol. The maximum absolute atomic E-state index is 5.07. The monoisotopic (exact) mass is 285 g/mol. The number of hydrogen-bond acceptors (Lipinski definition) is 3. The van der Waals surface area contributed by atoms with Gasteiger partial charge < -0.3 is 5.32 Å². The van der Waals surface area contributed by atoms with E-state index in [9.17, 15) is 0 Å². The van der Waals surface area contributed by atoms with Crippen molar-refractivity contribution in [1.29, 1.82) is 0 Å². The van der Waals surface area contributed by atoms with Gasteiger partial charge >= 0.3 is 0 Å². The molecule has 21 heavy (non-hydrogen) atoms. The Labute approximate surface area is 128 Å². The highest BCUT2D eigenvalue weighted by Crippen LogP contribution is 2.44. The van der Waals surface area contributed by atoms with Crippen LogP contribution in [0, 0.1) is 5.41 Å². The van der Waals surface area contributed by atoms with Crippen LogP contribution in [0.1, 0.15) is 87.0 Å². The maximum Gasteiger partial charge on any atom is 0.131 e. The summed E-state index contributed by atoms with van der Waals surface area (Å²) in [6, 6.07) is 0. The average Bonchev–Trinajstić information content (AvgIpc) is 3.31. The summed E-state index contributed by atoms with van der Waals surface area (Å²) < 4.78 is 0. The Morgan fingerprint density at radius 3 is 2.48 bits per heavy atom. The van der Waals surface area contributed by atoms with Crippen molar-refractivity contribution in [3.8, 4) is 0 Å². The van der Waals surface area contributed by atoms with Crippen molar-refractivity contribution in [2.75, 3.05) is 6.54 Å². The van der Waals surface area contributed by atoms with Gasteiger partial charge in [0.2, 0.25) is 0 Å². The third-order valence-corrected chi connectivity index (χ3v) is 5.65. The van der Waals surface area contributed by atoms with Crippen molar-refractivity contribution in [3.63, 3.8) is 0 Å². The minimum Gasteiger partial charge on any atom is -0.312 e. The molecule has 0 aromatic carbocycles. The quantitative estimate of drug-likeness (QED) is 0.900. The van der Waals surface area contributed by atoms with Crippen molar-refractivity contribution in [2.45, 2.75) is 77.2 Å². The molecule has 1 aliphatic heterocycles. The highest BCUT2D eigenvalue weighted by Gasteiger charge is 2.33. The number of nitrogens with one attached hydrogen (secondary N) is 1. The first kappa shape index (κ1) is 13.7. The first-order valence-electron chi connectivity index (χ1n) is 8.73. The van der Waals surface area contributed by atoms with Crippen LogP contribution in [0.2, 0.25) is 0 Å². The smallest absolute Gasteiger partial charge is 0.131 e. The Morgan fingerprint density at radius 1 is 1.00 bits per heavy atom. The van der Waals surface area contributed by atoms with Crippen molar-refractivity contribution < 1.29 is 0 Å². The van der Waals surface area contributed by atoms with Gasteiger partial charge in [0.05, 0.1) is 11.4 Å². The van der Waals surface area contributed by atoms with Gasteiger partial charge in [0.15, 0.2) is 0 Å². The fraction of sp³-hybridized carbons (Fsp3) is 0.778. The molecule has 0 amide bonds. The van der Waals surface area contributed by atoms with Gasteiger partial charge in [-0.2, -0.15) is 0 Å². The summed E-state index contributed by atoms with van der Waals surface area (Å²) in [6.07, 6.45) is 8.93. The van der Waals surface area contributed by atoms with Crippen molar-refractivity contribution in [2.24, 2.45) is 5.41 Å². The molecule has 3 nitrogen and oxygen atoms in total. The highest BCUT2D eigenvalue weighted by atomic mass is 15.0. The maximum atomic E-state index is 5.07. The lowest BCUT2D eigenvalue weighted by Crippen LogP contribution is -2.28. The van der Waals surface area contributed by atoms with E-state index >= 15 is 0 Å². The number of fused-ring (bicyclic) bond motifs is 1. The topological polar surface area (TPSA) is 37.8 Å². The second-order valence-electron chi connectivity index (χ2n) is 8.03. The Kier molecular flexibility index (Phi) is 3.29. The van der Waals surface area contributed by atoms with E-state index in [0.29, 0.717) is 11.3 Å². The van der Waals surface area contributed by atoms with Gasteiger partial charge in [-0.3, -0.25) is 0 Å². The summed E-state index contributed by atoms with van der Waals surface area (Å²) in [7, 11) is 0. The van der Waals surface area contributed by atoms with Crippen LogP contribution in [-0.2, 0) is 13.0 Å². The molecule has 1 aromatic rings. The summed E-state index contributed by atoms with van der Waals surface area (Å²) in [6.45, 7) is 6.86. The summed E-state index contributed by atoms with van der Waals surface area (Å²) in [5, 5.41) is 3.49. The molecule has 3 aliphatic rings. The van der Waals surface area contributed by atoms with E-state index in [1.807, 2.05) is 0 Å². The first-order valence-corrected chi connectivity index (χ1v) is 8.73. The Hall–Kier alpha value is -0.960. The van der Waals surface area contributed by atoms with Crippen LogP contribution >= 0.6 is 0 Å². The van der Waals surface area contributed by atoms with Crippen molar-refractivity contribution >= 4 is 0 Å². The fourth-order valence-electron chi connectivity index (χ4n) is 3.92. The molecule has 1 N–H and O–H groups in total. The third-order valence-electron chi connectivity index (χ3n) is 5.65. The number of aromatic nitrogens is 2. The van der Waals surface area contributed by atoms with Crippen LogP contribution in [0.5, 0.6) is 0 Å².